The first kappa shape index (κ1) is 35.1. The molecule has 0 saturated carbocycles. The van der Waals surface area contributed by atoms with Gasteiger partial charge >= 0.3 is 0 Å². The summed E-state index contributed by atoms with van der Waals surface area (Å²) in [6, 6.07) is 69.3. The summed E-state index contributed by atoms with van der Waals surface area (Å²) < 4.78 is 0. The molecule has 4 heteroatoms. The number of benzene rings is 8. The molecule has 0 N–H and O–H groups in total. The van der Waals surface area contributed by atoms with Gasteiger partial charge in [0.2, 0.25) is 0 Å². The SMILES string of the molecule is Cc1ccc(N2c3ccc(C)cc3B3c4cc([Si](c5ccccc5)(c5ccccc5)c5ccccc5)ccc4N(c4ccc(C)cc4C)c4cc(C)cc2c43)cc1. The Morgan fingerprint density at radius 3 is 1.40 bits per heavy atom. The molecule has 57 heavy (non-hydrogen) atoms. The molecule has 0 aromatic heterocycles. The smallest absolute Gasteiger partial charge is 0.252 e. The van der Waals surface area contributed by atoms with Crippen molar-refractivity contribution in [3.63, 3.8) is 0 Å². The summed E-state index contributed by atoms with van der Waals surface area (Å²) in [5, 5.41) is 5.53. The molecule has 274 valence electrons. The lowest BCUT2D eigenvalue weighted by atomic mass is 9.33. The van der Waals surface area contributed by atoms with Crippen LogP contribution in [0.3, 0.4) is 0 Å². The summed E-state index contributed by atoms with van der Waals surface area (Å²) in [6.07, 6.45) is 0. The first-order valence-corrected chi connectivity index (χ1v) is 22.1. The second kappa shape index (κ2) is 13.7. The van der Waals surface area contributed by atoms with Crippen LogP contribution in [0, 0.1) is 34.6 Å². The van der Waals surface area contributed by atoms with E-state index in [0.29, 0.717) is 0 Å². The highest BCUT2D eigenvalue weighted by atomic mass is 28.3. The fraction of sp³-hybridized carbons (Fsp3) is 0.0943. The van der Waals surface area contributed by atoms with Gasteiger partial charge in [0.1, 0.15) is 0 Å². The van der Waals surface area contributed by atoms with Crippen molar-refractivity contribution in [1.29, 1.82) is 0 Å². The van der Waals surface area contributed by atoms with Crippen LogP contribution in [0.5, 0.6) is 0 Å². The number of nitrogens with zero attached hydrogens (tertiary/aromatic N) is 2. The number of aryl methyl sites for hydroxylation is 5. The Bertz CT molecular complexity index is 2700. The normalized spacial score (nSPS) is 12.9. The first-order chi connectivity index (χ1) is 27.8. The molecule has 8 aromatic rings. The van der Waals surface area contributed by atoms with Crippen LogP contribution in [0.4, 0.5) is 34.1 Å². The average Bonchev–Trinajstić information content (AvgIpc) is 3.23. The van der Waals surface area contributed by atoms with Crippen LogP contribution in [0.25, 0.3) is 0 Å². The summed E-state index contributed by atoms with van der Waals surface area (Å²) in [7, 11) is -2.82. The van der Waals surface area contributed by atoms with E-state index in [2.05, 4.69) is 226 Å². The Labute approximate surface area is 338 Å². The summed E-state index contributed by atoms with van der Waals surface area (Å²) >= 11 is 0. The van der Waals surface area contributed by atoms with Crippen molar-refractivity contribution in [2.45, 2.75) is 34.6 Å². The third kappa shape index (κ3) is 5.54. The molecule has 0 atom stereocenters. The minimum atomic E-state index is -2.82. The molecule has 0 aliphatic carbocycles. The zero-order valence-corrected chi connectivity index (χ0v) is 34.3. The van der Waals surface area contributed by atoms with Crippen molar-refractivity contribution in [3.8, 4) is 0 Å². The topological polar surface area (TPSA) is 6.48 Å². The Kier molecular flexibility index (Phi) is 8.42. The molecule has 0 bridgehead atoms. The maximum absolute atomic E-state index is 2.82. The van der Waals surface area contributed by atoms with E-state index in [4.69, 9.17) is 0 Å². The first-order valence-electron chi connectivity index (χ1n) is 20.1. The molecule has 0 radical (unpaired) electrons. The summed E-state index contributed by atoms with van der Waals surface area (Å²) in [6.45, 7) is 11.1. The molecule has 0 spiro atoms. The van der Waals surface area contributed by atoms with E-state index in [1.54, 1.807) is 0 Å². The summed E-state index contributed by atoms with van der Waals surface area (Å²) in [4.78, 5) is 5.09. The van der Waals surface area contributed by atoms with Crippen LogP contribution >= 0.6 is 0 Å². The van der Waals surface area contributed by atoms with E-state index in [-0.39, 0.29) is 6.71 Å². The van der Waals surface area contributed by atoms with Gasteiger partial charge in [0.05, 0.1) is 0 Å². The second-order valence-corrected chi connectivity index (χ2v) is 19.9. The van der Waals surface area contributed by atoms with Crippen LogP contribution in [0.1, 0.15) is 27.8 Å². The molecule has 2 aliphatic heterocycles. The Hall–Kier alpha value is -6.36. The van der Waals surface area contributed by atoms with Gasteiger partial charge in [0.25, 0.3) is 6.71 Å². The van der Waals surface area contributed by atoms with Crippen molar-refractivity contribution in [2.75, 3.05) is 9.80 Å². The number of hydrogen-bond acceptors (Lipinski definition) is 2. The van der Waals surface area contributed by atoms with Crippen molar-refractivity contribution in [1.82, 2.24) is 0 Å². The summed E-state index contributed by atoms with van der Waals surface area (Å²) in [5.74, 6) is 0. The van der Waals surface area contributed by atoms with Crippen molar-refractivity contribution >= 4 is 86.0 Å². The number of rotatable bonds is 6. The monoisotopic (exact) mass is 748 g/mol. The average molecular weight is 749 g/mol. The summed E-state index contributed by atoms with van der Waals surface area (Å²) in [5.41, 5.74) is 17.7. The van der Waals surface area contributed by atoms with Crippen LogP contribution < -0.4 is 46.9 Å². The number of fused-ring (bicyclic) bond motifs is 4. The zero-order chi connectivity index (χ0) is 38.8. The number of anilines is 6. The fourth-order valence-electron chi connectivity index (χ4n) is 9.85. The molecule has 2 heterocycles. The van der Waals surface area contributed by atoms with Crippen LogP contribution in [0.15, 0.2) is 182 Å². The molecular formula is C53H45BN2Si. The minimum Gasteiger partial charge on any atom is -0.311 e. The van der Waals surface area contributed by atoms with Gasteiger partial charge in [0, 0.05) is 34.1 Å². The molecular weight excluding hydrogens is 703 g/mol. The lowest BCUT2D eigenvalue weighted by Gasteiger charge is -2.45. The highest BCUT2D eigenvalue weighted by molar-refractivity contribution is 7.20. The predicted octanol–water partition coefficient (Wildman–Crippen LogP) is 8.69. The van der Waals surface area contributed by atoms with E-state index in [1.165, 1.54) is 99.1 Å². The van der Waals surface area contributed by atoms with Gasteiger partial charge in [-0.3, -0.25) is 0 Å². The molecule has 8 aromatic carbocycles. The molecule has 2 nitrogen and oxygen atoms in total. The van der Waals surface area contributed by atoms with Gasteiger partial charge < -0.3 is 9.80 Å². The van der Waals surface area contributed by atoms with Crippen LogP contribution in [-0.2, 0) is 0 Å². The van der Waals surface area contributed by atoms with E-state index >= 15 is 0 Å². The molecule has 0 unspecified atom stereocenters. The third-order valence-corrected chi connectivity index (χ3v) is 17.1. The number of hydrogen-bond donors (Lipinski definition) is 0. The zero-order valence-electron chi connectivity index (χ0n) is 33.3. The van der Waals surface area contributed by atoms with Gasteiger partial charge in [-0.15, -0.1) is 0 Å². The van der Waals surface area contributed by atoms with E-state index in [9.17, 15) is 0 Å². The Morgan fingerprint density at radius 2 is 0.825 bits per heavy atom. The van der Waals surface area contributed by atoms with Crippen LogP contribution in [0.2, 0.25) is 0 Å². The van der Waals surface area contributed by atoms with E-state index < -0.39 is 8.07 Å². The van der Waals surface area contributed by atoms with Crippen LogP contribution in [-0.4, -0.2) is 14.8 Å². The maximum Gasteiger partial charge on any atom is 0.252 e. The van der Waals surface area contributed by atoms with E-state index in [1.807, 2.05) is 0 Å². The van der Waals surface area contributed by atoms with Crippen molar-refractivity contribution in [3.05, 3.63) is 210 Å². The van der Waals surface area contributed by atoms with Crippen molar-refractivity contribution < 1.29 is 0 Å². The van der Waals surface area contributed by atoms with Gasteiger partial charge in [0.15, 0.2) is 8.07 Å². The van der Waals surface area contributed by atoms with Gasteiger partial charge in [-0.2, -0.15) is 0 Å². The van der Waals surface area contributed by atoms with Crippen molar-refractivity contribution in [2.24, 2.45) is 0 Å². The second-order valence-electron chi connectivity index (χ2n) is 16.1. The van der Waals surface area contributed by atoms with E-state index in [0.717, 1.165) is 0 Å². The van der Waals surface area contributed by atoms with Gasteiger partial charge in [-0.05, 0) is 125 Å². The molecule has 0 fully saturated rings. The standard InChI is InChI=1S/C53H45BN2Si/c1-36-21-25-41(26-22-36)55-49-29-24-38(3)32-46(49)54-47-35-45(57(42-15-9-6-10-16-42,43-17-11-7-12-18-43)44-19-13-8-14-20-44)27-30-50(47)56(48-28-23-37(2)31-40(48)5)52-34-39(4)33-51(55)53(52)54/h6-35H,1-5H3. The molecule has 10 rings (SSSR count). The lowest BCUT2D eigenvalue weighted by molar-refractivity contribution is 1.22. The third-order valence-electron chi connectivity index (χ3n) is 12.3. The fourth-order valence-corrected chi connectivity index (χ4v) is 14.6. The molecule has 2 aliphatic rings. The predicted molar refractivity (Wildman–Crippen MR) is 248 cm³/mol. The molecule has 0 saturated heterocycles. The Balaban J connectivity index is 1.34. The maximum atomic E-state index is 2.62. The van der Waals surface area contributed by atoms with Gasteiger partial charge in [-0.1, -0.05) is 156 Å². The minimum absolute atomic E-state index is 0.0261. The quantitative estimate of drug-likeness (QED) is 0.124. The lowest BCUT2D eigenvalue weighted by Crippen LogP contribution is -2.75. The Morgan fingerprint density at radius 1 is 0.351 bits per heavy atom. The highest BCUT2D eigenvalue weighted by Gasteiger charge is 2.46. The molecule has 0 amide bonds. The largest absolute Gasteiger partial charge is 0.311 e. The van der Waals surface area contributed by atoms with Gasteiger partial charge in [-0.25, -0.2) is 0 Å². The highest BCUT2D eigenvalue weighted by Crippen LogP contribution is 2.45.